The van der Waals surface area contributed by atoms with Crippen LogP contribution in [0.25, 0.3) is 0 Å². The molecule has 27 heavy (non-hydrogen) atoms. The van der Waals surface area contributed by atoms with Crippen LogP contribution >= 0.6 is 0 Å². The van der Waals surface area contributed by atoms with Crippen LogP contribution in [0.5, 0.6) is 5.75 Å². The lowest BCUT2D eigenvalue weighted by Crippen LogP contribution is -2.22. The van der Waals surface area contributed by atoms with Crippen LogP contribution in [0.15, 0.2) is 47.4 Å². The van der Waals surface area contributed by atoms with Gasteiger partial charge < -0.3 is 15.0 Å². The fourth-order valence-corrected chi connectivity index (χ4v) is 3.40. The molecular formula is C18H21N3O5S. The van der Waals surface area contributed by atoms with Crippen LogP contribution in [0, 0.1) is 0 Å². The van der Waals surface area contributed by atoms with E-state index in [-0.39, 0.29) is 28.1 Å². The fourth-order valence-electron chi connectivity index (χ4n) is 2.33. The lowest BCUT2D eigenvalue weighted by molar-refractivity contribution is -0.114. The van der Waals surface area contributed by atoms with Crippen molar-refractivity contribution in [2.24, 2.45) is 0 Å². The Balaban J connectivity index is 2.35. The second-order valence-electron chi connectivity index (χ2n) is 5.93. The van der Waals surface area contributed by atoms with Gasteiger partial charge >= 0.3 is 0 Å². The second-order valence-corrected chi connectivity index (χ2v) is 7.61. The second kappa shape index (κ2) is 8.09. The van der Waals surface area contributed by atoms with Gasteiger partial charge in [-0.3, -0.25) is 14.3 Å². The summed E-state index contributed by atoms with van der Waals surface area (Å²) in [5, 5.41) is 2.53. The number of amides is 2. The molecule has 8 nitrogen and oxygen atoms in total. The molecule has 0 aliphatic heterocycles. The molecule has 0 spiro atoms. The predicted octanol–water partition coefficient (Wildman–Crippen LogP) is 2.16. The number of rotatable bonds is 6. The molecule has 0 heterocycles. The number of sulfonamides is 1. The molecule has 0 atom stereocenters. The van der Waals surface area contributed by atoms with Gasteiger partial charge in [-0.1, -0.05) is 6.07 Å². The van der Waals surface area contributed by atoms with Crippen molar-refractivity contribution in [3.8, 4) is 5.75 Å². The zero-order valence-electron chi connectivity index (χ0n) is 15.4. The Morgan fingerprint density at radius 1 is 1.07 bits per heavy atom. The topological polar surface area (TPSA) is 105 Å². The summed E-state index contributed by atoms with van der Waals surface area (Å²) < 4.78 is 32.9. The molecule has 0 aliphatic carbocycles. The molecule has 0 aliphatic rings. The van der Waals surface area contributed by atoms with Gasteiger partial charge in [0.25, 0.3) is 15.9 Å². The van der Waals surface area contributed by atoms with Crippen molar-refractivity contribution in [3.63, 3.8) is 0 Å². The Labute approximate surface area is 158 Å². The average Bonchev–Trinajstić information content (AvgIpc) is 2.60. The quantitative estimate of drug-likeness (QED) is 0.785. The maximum absolute atomic E-state index is 12.7. The van der Waals surface area contributed by atoms with Gasteiger partial charge in [-0.15, -0.1) is 0 Å². The van der Waals surface area contributed by atoms with Gasteiger partial charge in [0.2, 0.25) is 5.91 Å². The number of hydrogen-bond donors (Lipinski definition) is 2. The number of nitrogens with one attached hydrogen (secondary N) is 2. The number of ether oxygens (including phenoxy) is 1. The number of benzene rings is 2. The van der Waals surface area contributed by atoms with E-state index in [1.807, 2.05) is 0 Å². The highest BCUT2D eigenvalue weighted by Crippen LogP contribution is 2.28. The van der Waals surface area contributed by atoms with Crippen LogP contribution in [0.1, 0.15) is 17.3 Å². The molecule has 0 unspecified atom stereocenters. The normalized spacial score (nSPS) is 10.8. The Kier molecular flexibility index (Phi) is 6.06. The van der Waals surface area contributed by atoms with E-state index in [1.54, 1.807) is 32.3 Å². The predicted molar refractivity (Wildman–Crippen MR) is 103 cm³/mol. The Hall–Kier alpha value is -3.07. The number of carbonyl (C=O) groups excluding carboxylic acids is 2. The molecule has 0 fully saturated rings. The minimum atomic E-state index is -3.94. The molecular weight excluding hydrogens is 370 g/mol. The third-order valence-electron chi connectivity index (χ3n) is 3.56. The zero-order valence-corrected chi connectivity index (χ0v) is 16.3. The highest BCUT2D eigenvalue weighted by molar-refractivity contribution is 7.92. The van der Waals surface area contributed by atoms with Crippen LogP contribution in [-0.2, 0) is 14.8 Å². The molecule has 2 N–H and O–H groups in total. The van der Waals surface area contributed by atoms with E-state index in [0.717, 1.165) is 0 Å². The summed E-state index contributed by atoms with van der Waals surface area (Å²) in [5.74, 6) is -0.262. The molecule has 2 aromatic rings. The minimum absolute atomic E-state index is 0.0589. The van der Waals surface area contributed by atoms with Crippen molar-refractivity contribution in [1.82, 2.24) is 4.90 Å². The van der Waals surface area contributed by atoms with Crippen LogP contribution in [0.3, 0.4) is 0 Å². The van der Waals surface area contributed by atoms with Crippen molar-refractivity contribution in [2.75, 3.05) is 31.2 Å². The summed E-state index contributed by atoms with van der Waals surface area (Å²) in [6.45, 7) is 1.31. The number of nitrogens with zero attached hydrogens (tertiary/aromatic N) is 1. The van der Waals surface area contributed by atoms with Crippen molar-refractivity contribution in [1.29, 1.82) is 0 Å². The molecule has 9 heteroatoms. The number of methoxy groups -OCH3 is 1. The summed E-state index contributed by atoms with van der Waals surface area (Å²) >= 11 is 0. The molecule has 2 amide bonds. The first kappa shape index (κ1) is 20.2. The number of hydrogen-bond acceptors (Lipinski definition) is 5. The molecule has 2 rings (SSSR count). The lowest BCUT2D eigenvalue weighted by atomic mass is 10.2. The molecule has 0 saturated carbocycles. The molecule has 0 aromatic heterocycles. The Bertz CT molecular complexity index is 971. The summed E-state index contributed by atoms with van der Waals surface area (Å²) in [6.07, 6.45) is 0. The molecule has 0 bridgehead atoms. The minimum Gasteiger partial charge on any atom is -0.495 e. The highest BCUT2D eigenvalue weighted by Gasteiger charge is 2.18. The van der Waals surface area contributed by atoms with E-state index in [2.05, 4.69) is 10.0 Å². The summed E-state index contributed by atoms with van der Waals surface area (Å²) in [6, 6.07) is 10.3. The SMILES string of the molecule is COc1ccc(S(=O)(=O)Nc2cccc(C(=O)N(C)C)c2)cc1NC(C)=O. The first-order valence-electron chi connectivity index (χ1n) is 7.94. The zero-order chi connectivity index (χ0) is 20.2. The summed E-state index contributed by atoms with van der Waals surface area (Å²) in [5.41, 5.74) is 0.845. The third-order valence-corrected chi connectivity index (χ3v) is 4.94. The average molecular weight is 391 g/mol. The molecule has 2 aromatic carbocycles. The molecule has 144 valence electrons. The van der Waals surface area contributed by atoms with Gasteiger partial charge in [-0.25, -0.2) is 8.42 Å². The van der Waals surface area contributed by atoms with Crippen LogP contribution in [0.4, 0.5) is 11.4 Å². The van der Waals surface area contributed by atoms with Crippen molar-refractivity contribution >= 4 is 33.2 Å². The van der Waals surface area contributed by atoms with Crippen molar-refractivity contribution in [2.45, 2.75) is 11.8 Å². The first-order chi connectivity index (χ1) is 12.6. The van der Waals surface area contributed by atoms with E-state index in [4.69, 9.17) is 4.74 Å². The van der Waals surface area contributed by atoms with Gasteiger partial charge in [-0.05, 0) is 36.4 Å². The maximum atomic E-state index is 12.7. The lowest BCUT2D eigenvalue weighted by Gasteiger charge is -2.14. The van der Waals surface area contributed by atoms with Gasteiger partial charge in [0.1, 0.15) is 5.75 Å². The Morgan fingerprint density at radius 2 is 1.78 bits per heavy atom. The monoisotopic (exact) mass is 391 g/mol. The third kappa shape index (κ3) is 4.98. The smallest absolute Gasteiger partial charge is 0.261 e. The van der Waals surface area contributed by atoms with Gasteiger partial charge in [-0.2, -0.15) is 0 Å². The first-order valence-corrected chi connectivity index (χ1v) is 9.42. The van der Waals surface area contributed by atoms with E-state index in [9.17, 15) is 18.0 Å². The highest BCUT2D eigenvalue weighted by atomic mass is 32.2. The van der Waals surface area contributed by atoms with Crippen molar-refractivity contribution < 1.29 is 22.7 Å². The summed E-state index contributed by atoms with van der Waals surface area (Å²) in [7, 11) is 0.698. The van der Waals surface area contributed by atoms with E-state index in [0.29, 0.717) is 11.3 Å². The van der Waals surface area contributed by atoms with E-state index < -0.39 is 10.0 Å². The largest absolute Gasteiger partial charge is 0.495 e. The number of anilines is 2. The van der Waals surface area contributed by atoms with E-state index in [1.165, 1.54) is 43.2 Å². The number of carbonyl (C=O) groups is 2. The summed E-state index contributed by atoms with van der Waals surface area (Å²) in [4.78, 5) is 24.7. The van der Waals surface area contributed by atoms with Crippen LogP contribution in [0.2, 0.25) is 0 Å². The molecule has 0 saturated heterocycles. The molecule has 0 radical (unpaired) electrons. The van der Waals surface area contributed by atoms with Gasteiger partial charge in [0, 0.05) is 32.3 Å². The fraction of sp³-hybridized carbons (Fsp3) is 0.222. The maximum Gasteiger partial charge on any atom is 0.261 e. The Morgan fingerprint density at radius 3 is 2.37 bits per heavy atom. The van der Waals surface area contributed by atoms with Crippen molar-refractivity contribution in [3.05, 3.63) is 48.0 Å². The van der Waals surface area contributed by atoms with Gasteiger partial charge in [0.15, 0.2) is 0 Å². The van der Waals surface area contributed by atoms with Crippen LogP contribution < -0.4 is 14.8 Å². The standard InChI is InChI=1S/C18H21N3O5S/c1-12(22)19-16-11-15(8-9-17(16)26-4)27(24,25)20-14-7-5-6-13(10-14)18(23)21(2)3/h5-11,20H,1-4H3,(H,19,22). The van der Waals surface area contributed by atoms with E-state index >= 15 is 0 Å². The van der Waals surface area contributed by atoms with Gasteiger partial charge in [0.05, 0.1) is 17.7 Å². The van der Waals surface area contributed by atoms with Crippen LogP contribution in [-0.4, -0.2) is 46.3 Å².